The summed E-state index contributed by atoms with van der Waals surface area (Å²) >= 11 is 6.03. The van der Waals surface area contributed by atoms with E-state index in [1.807, 2.05) is 31.2 Å². The van der Waals surface area contributed by atoms with Crippen LogP contribution in [0.15, 0.2) is 53.4 Å². The van der Waals surface area contributed by atoms with Gasteiger partial charge in [-0.25, -0.2) is 8.42 Å². The standard InChI is InChI=1S/C22H27ClN2O4S/c1-2-24(17-19-4-3-5-20(23)16-19)22(26)11-8-18-6-9-21(10-7-18)30(27,28)25-12-14-29-15-13-25/h3-7,9-10,16H,2,8,11-15,17H2,1H3. The van der Waals surface area contributed by atoms with Crippen molar-refractivity contribution in [3.05, 3.63) is 64.7 Å². The molecule has 0 bridgehead atoms. The minimum atomic E-state index is -3.50. The first-order valence-electron chi connectivity index (χ1n) is 10.1. The molecule has 6 nitrogen and oxygen atoms in total. The molecule has 0 aliphatic carbocycles. The fraction of sp³-hybridized carbons (Fsp3) is 0.409. The molecule has 1 aliphatic rings. The number of halogens is 1. The third-order valence-corrected chi connectivity index (χ3v) is 7.30. The lowest BCUT2D eigenvalue weighted by molar-refractivity contribution is -0.131. The molecule has 3 rings (SSSR count). The number of hydrogen-bond donors (Lipinski definition) is 0. The highest BCUT2D eigenvalue weighted by Crippen LogP contribution is 2.19. The number of benzene rings is 2. The Balaban J connectivity index is 1.57. The monoisotopic (exact) mass is 450 g/mol. The Bertz CT molecular complexity index is 957. The van der Waals surface area contributed by atoms with Gasteiger partial charge in [0.1, 0.15) is 0 Å². The van der Waals surface area contributed by atoms with Crippen LogP contribution in [-0.4, -0.2) is 56.4 Å². The number of carbonyl (C=O) groups is 1. The van der Waals surface area contributed by atoms with Gasteiger partial charge in [0.2, 0.25) is 15.9 Å². The van der Waals surface area contributed by atoms with Crippen molar-refractivity contribution < 1.29 is 17.9 Å². The van der Waals surface area contributed by atoms with Crippen molar-refractivity contribution in [1.82, 2.24) is 9.21 Å². The number of morpholine rings is 1. The lowest BCUT2D eigenvalue weighted by Gasteiger charge is -2.26. The van der Waals surface area contributed by atoms with Crippen LogP contribution in [-0.2, 0) is 32.5 Å². The smallest absolute Gasteiger partial charge is 0.243 e. The average molecular weight is 451 g/mol. The van der Waals surface area contributed by atoms with E-state index in [9.17, 15) is 13.2 Å². The molecule has 1 amide bonds. The van der Waals surface area contributed by atoms with Crippen LogP contribution in [0.5, 0.6) is 0 Å². The zero-order valence-electron chi connectivity index (χ0n) is 17.1. The van der Waals surface area contributed by atoms with Gasteiger partial charge in [-0.15, -0.1) is 0 Å². The third kappa shape index (κ3) is 5.82. The van der Waals surface area contributed by atoms with Crippen molar-refractivity contribution in [3.8, 4) is 0 Å². The van der Waals surface area contributed by atoms with Gasteiger partial charge in [0.15, 0.2) is 0 Å². The molecule has 0 unspecified atom stereocenters. The molecule has 2 aromatic carbocycles. The zero-order valence-corrected chi connectivity index (χ0v) is 18.7. The second kappa shape index (κ2) is 10.4. The Hall–Kier alpha value is -1.93. The van der Waals surface area contributed by atoms with Gasteiger partial charge in [-0.3, -0.25) is 4.79 Å². The van der Waals surface area contributed by atoms with Crippen LogP contribution in [0.4, 0.5) is 0 Å². The summed E-state index contributed by atoms with van der Waals surface area (Å²) in [5, 5.41) is 0.656. The molecular formula is C22H27ClN2O4S. The third-order valence-electron chi connectivity index (χ3n) is 5.16. The van der Waals surface area contributed by atoms with Crippen molar-refractivity contribution >= 4 is 27.5 Å². The fourth-order valence-electron chi connectivity index (χ4n) is 3.41. The summed E-state index contributed by atoms with van der Waals surface area (Å²) in [6.45, 7) is 4.67. The highest BCUT2D eigenvalue weighted by molar-refractivity contribution is 7.89. The second-order valence-electron chi connectivity index (χ2n) is 7.20. The van der Waals surface area contributed by atoms with Crippen LogP contribution in [0.25, 0.3) is 0 Å². The van der Waals surface area contributed by atoms with Crippen LogP contribution in [0.1, 0.15) is 24.5 Å². The number of hydrogen-bond acceptors (Lipinski definition) is 4. The summed E-state index contributed by atoms with van der Waals surface area (Å²) in [5.74, 6) is 0.0579. The van der Waals surface area contributed by atoms with Gasteiger partial charge in [0.25, 0.3) is 0 Å². The number of rotatable bonds is 8. The van der Waals surface area contributed by atoms with Gasteiger partial charge in [-0.2, -0.15) is 4.31 Å². The number of carbonyl (C=O) groups excluding carboxylic acids is 1. The zero-order chi connectivity index (χ0) is 21.6. The average Bonchev–Trinajstić information content (AvgIpc) is 2.76. The Morgan fingerprint density at radius 1 is 1.10 bits per heavy atom. The molecule has 8 heteroatoms. The number of amides is 1. The van der Waals surface area contributed by atoms with Crippen LogP contribution < -0.4 is 0 Å². The van der Waals surface area contributed by atoms with Crippen molar-refractivity contribution in [2.75, 3.05) is 32.8 Å². The molecule has 0 saturated carbocycles. The first-order valence-corrected chi connectivity index (χ1v) is 11.9. The lowest BCUT2D eigenvalue weighted by atomic mass is 10.1. The SMILES string of the molecule is CCN(Cc1cccc(Cl)c1)C(=O)CCc1ccc(S(=O)(=O)N2CCOCC2)cc1. The predicted octanol–water partition coefficient (Wildman–Crippen LogP) is 3.34. The number of sulfonamides is 1. The molecule has 2 aromatic rings. The number of ether oxygens (including phenoxy) is 1. The largest absolute Gasteiger partial charge is 0.379 e. The maximum Gasteiger partial charge on any atom is 0.243 e. The Kier molecular flexibility index (Phi) is 7.88. The van der Waals surface area contributed by atoms with Crippen LogP contribution in [0.2, 0.25) is 5.02 Å². The molecule has 0 aromatic heterocycles. The van der Waals surface area contributed by atoms with Crippen molar-refractivity contribution in [2.24, 2.45) is 0 Å². The minimum absolute atomic E-state index is 0.0579. The Morgan fingerprint density at radius 2 is 1.80 bits per heavy atom. The van der Waals surface area contributed by atoms with E-state index < -0.39 is 10.0 Å². The molecule has 1 fully saturated rings. The van der Waals surface area contributed by atoms with E-state index in [2.05, 4.69) is 0 Å². The van der Waals surface area contributed by atoms with E-state index >= 15 is 0 Å². The summed E-state index contributed by atoms with van der Waals surface area (Å²) in [5.41, 5.74) is 1.93. The first-order chi connectivity index (χ1) is 14.4. The summed E-state index contributed by atoms with van der Waals surface area (Å²) < 4.78 is 32.1. The van der Waals surface area contributed by atoms with E-state index in [-0.39, 0.29) is 10.8 Å². The van der Waals surface area contributed by atoms with Crippen LogP contribution >= 0.6 is 11.6 Å². The van der Waals surface area contributed by atoms with Crippen LogP contribution in [0, 0.1) is 0 Å². The number of aryl methyl sites for hydroxylation is 1. The fourth-order valence-corrected chi connectivity index (χ4v) is 5.03. The molecule has 0 spiro atoms. The van der Waals surface area contributed by atoms with E-state index in [0.717, 1.165) is 11.1 Å². The lowest BCUT2D eigenvalue weighted by Crippen LogP contribution is -2.40. The second-order valence-corrected chi connectivity index (χ2v) is 9.57. The molecule has 1 aliphatic heterocycles. The molecule has 30 heavy (non-hydrogen) atoms. The maximum atomic E-state index is 12.7. The first kappa shape index (κ1) is 22.7. The van der Waals surface area contributed by atoms with Gasteiger partial charge in [0, 0.05) is 37.6 Å². The quantitative estimate of drug-likeness (QED) is 0.618. The van der Waals surface area contributed by atoms with Crippen molar-refractivity contribution in [1.29, 1.82) is 0 Å². The minimum Gasteiger partial charge on any atom is -0.379 e. The van der Waals surface area contributed by atoms with Gasteiger partial charge < -0.3 is 9.64 Å². The topological polar surface area (TPSA) is 66.9 Å². The van der Waals surface area contributed by atoms with Crippen molar-refractivity contribution in [2.45, 2.75) is 31.2 Å². The summed E-state index contributed by atoms with van der Waals surface area (Å²) in [4.78, 5) is 14.7. The molecule has 0 N–H and O–H groups in total. The van der Waals surface area contributed by atoms with E-state index in [1.165, 1.54) is 4.31 Å². The molecule has 162 valence electrons. The molecule has 0 atom stereocenters. The normalized spacial score (nSPS) is 15.1. The van der Waals surface area contributed by atoms with Crippen molar-refractivity contribution in [3.63, 3.8) is 0 Å². The summed E-state index contributed by atoms with van der Waals surface area (Å²) in [6, 6.07) is 14.3. The highest BCUT2D eigenvalue weighted by Gasteiger charge is 2.26. The molecule has 1 heterocycles. The molecule has 1 saturated heterocycles. The molecule has 0 radical (unpaired) electrons. The van der Waals surface area contributed by atoms with Gasteiger partial charge >= 0.3 is 0 Å². The number of nitrogens with zero attached hydrogens (tertiary/aromatic N) is 2. The van der Waals surface area contributed by atoms with Gasteiger partial charge in [-0.1, -0.05) is 35.9 Å². The van der Waals surface area contributed by atoms with Crippen LogP contribution in [0.3, 0.4) is 0 Å². The summed E-state index contributed by atoms with van der Waals surface area (Å²) in [7, 11) is -3.50. The highest BCUT2D eigenvalue weighted by atomic mass is 35.5. The predicted molar refractivity (Wildman–Crippen MR) is 117 cm³/mol. The van der Waals surface area contributed by atoms with E-state index in [4.69, 9.17) is 16.3 Å². The van der Waals surface area contributed by atoms with E-state index in [1.54, 1.807) is 29.2 Å². The van der Waals surface area contributed by atoms with Gasteiger partial charge in [-0.05, 0) is 48.7 Å². The molecular weight excluding hydrogens is 424 g/mol. The van der Waals surface area contributed by atoms with Gasteiger partial charge in [0.05, 0.1) is 18.1 Å². The maximum absolute atomic E-state index is 12.7. The Labute approximate surface area is 183 Å². The summed E-state index contributed by atoms with van der Waals surface area (Å²) in [6.07, 6.45) is 0.923. The Morgan fingerprint density at radius 3 is 2.43 bits per heavy atom. The van der Waals surface area contributed by atoms with E-state index in [0.29, 0.717) is 57.3 Å².